The van der Waals surface area contributed by atoms with Crippen LogP contribution in [-0.2, 0) is 11.3 Å². The van der Waals surface area contributed by atoms with Crippen LogP contribution in [0.4, 0.5) is 4.39 Å². The number of hydrogen-bond acceptors (Lipinski definition) is 2. The molecule has 0 atom stereocenters. The third-order valence-electron chi connectivity index (χ3n) is 1.76. The van der Waals surface area contributed by atoms with E-state index in [9.17, 15) is 9.18 Å². The zero-order valence-electron chi connectivity index (χ0n) is 5.93. The smallest absolute Gasteiger partial charge is 0.341 e. The first-order valence-electron chi connectivity index (χ1n) is 3.34. The van der Waals surface area contributed by atoms with Crippen molar-refractivity contribution in [3.8, 4) is 0 Å². The van der Waals surface area contributed by atoms with Gasteiger partial charge in [0.1, 0.15) is 18.0 Å². The molecule has 0 saturated carbocycles. The van der Waals surface area contributed by atoms with Gasteiger partial charge in [-0.3, -0.25) is 0 Å². The molecule has 0 amide bonds. The molecule has 62 valence electrons. The van der Waals surface area contributed by atoms with Crippen LogP contribution in [-0.4, -0.2) is 5.97 Å². The van der Waals surface area contributed by atoms with Gasteiger partial charge < -0.3 is 4.74 Å². The van der Waals surface area contributed by atoms with E-state index in [0.717, 1.165) is 6.07 Å². The van der Waals surface area contributed by atoms with E-state index in [1.165, 1.54) is 6.07 Å². The van der Waals surface area contributed by atoms with Crippen molar-refractivity contribution in [2.75, 3.05) is 0 Å². The van der Waals surface area contributed by atoms with E-state index in [4.69, 9.17) is 11.6 Å². The third-order valence-corrected chi connectivity index (χ3v) is 2.11. The van der Waals surface area contributed by atoms with Crippen LogP contribution in [0.1, 0.15) is 15.9 Å². The second kappa shape index (κ2) is 2.45. The summed E-state index contributed by atoms with van der Waals surface area (Å²) in [5, 5.41) is 0.372. The molecule has 0 N–H and O–H groups in total. The molecule has 1 aliphatic heterocycles. The maximum atomic E-state index is 13.0. The van der Waals surface area contributed by atoms with E-state index in [1.54, 1.807) is 0 Å². The summed E-state index contributed by atoms with van der Waals surface area (Å²) >= 11 is 5.71. The first kappa shape index (κ1) is 7.55. The molecule has 0 saturated heterocycles. The molecule has 1 aromatic rings. The maximum absolute atomic E-state index is 13.0. The van der Waals surface area contributed by atoms with Gasteiger partial charge in [-0.2, -0.15) is 0 Å². The van der Waals surface area contributed by atoms with Crippen molar-refractivity contribution in [1.82, 2.24) is 0 Å². The number of carbonyl (C=O) groups is 1. The zero-order chi connectivity index (χ0) is 8.72. The van der Waals surface area contributed by atoms with Crippen molar-refractivity contribution < 1.29 is 13.9 Å². The van der Waals surface area contributed by atoms with Gasteiger partial charge in [-0.1, -0.05) is 11.6 Å². The molecule has 0 aliphatic carbocycles. The van der Waals surface area contributed by atoms with Crippen LogP contribution in [0.3, 0.4) is 0 Å². The Morgan fingerprint density at radius 2 is 2.25 bits per heavy atom. The fourth-order valence-corrected chi connectivity index (χ4v) is 1.38. The number of fused-ring (bicyclic) bond motifs is 1. The summed E-state index contributed by atoms with van der Waals surface area (Å²) in [4.78, 5) is 10.9. The quantitative estimate of drug-likeness (QED) is 0.581. The summed E-state index contributed by atoms with van der Waals surface area (Å²) in [6.07, 6.45) is 0. The molecule has 0 spiro atoms. The van der Waals surface area contributed by atoms with Crippen LogP contribution in [0, 0.1) is 5.82 Å². The minimum absolute atomic E-state index is 0.0255. The molecular formula is C8H4ClFO2. The van der Waals surface area contributed by atoms with Crippen LogP contribution in [0.5, 0.6) is 0 Å². The Bertz CT molecular complexity index is 362. The first-order chi connectivity index (χ1) is 5.70. The third kappa shape index (κ3) is 0.898. The number of benzene rings is 1. The van der Waals surface area contributed by atoms with Gasteiger partial charge in [0.25, 0.3) is 0 Å². The Kier molecular flexibility index (Phi) is 1.54. The lowest BCUT2D eigenvalue weighted by Gasteiger charge is -1.97. The number of halogens is 2. The van der Waals surface area contributed by atoms with Crippen molar-refractivity contribution in [3.05, 3.63) is 34.1 Å². The fraction of sp³-hybridized carbons (Fsp3) is 0.125. The number of esters is 1. The summed E-state index contributed by atoms with van der Waals surface area (Å²) in [5.74, 6) is -1.21. The monoisotopic (exact) mass is 186 g/mol. The number of carbonyl (C=O) groups excluding carboxylic acids is 1. The standard InChI is InChI=1S/C8H4ClFO2/c9-5-1-2-6(10)7-4(5)3-12-8(7)11/h1-2H,3H2. The number of hydrogen-bond donors (Lipinski definition) is 0. The normalized spacial score (nSPS) is 14.3. The highest BCUT2D eigenvalue weighted by Gasteiger charge is 2.27. The second-order valence-electron chi connectivity index (χ2n) is 2.46. The molecule has 0 bridgehead atoms. The van der Waals surface area contributed by atoms with E-state index < -0.39 is 11.8 Å². The largest absolute Gasteiger partial charge is 0.457 e. The molecular weight excluding hydrogens is 183 g/mol. The van der Waals surface area contributed by atoms with Gasteiger partial charge in [-0.15, -0.1) is 0 Å². The summed E-state index contributed by atoms with van der Waals surface area (Å²) in [7, 11) is 0. The molecule has 0 fully saturated rings. The molecule has 2 nitrogen and oxygen atoms in total. The Morgan fingerprint density at radius 1 is 1.50 bits per heavy atom. The van der Waals surface area contributed by atoms with Gasteiger partial charge in [0.05, 0.1) is 0 Å². The highest BCUT2D eigenvalue weighted by atomic mass is 35.5. The SMILES string of the molecule is O=C1OCc2c(Cl)ccc(F)c21. The topological polar surface area (TPSA) is 26.3 Å². The van der Waals surface area contributed by atoms with Gasteiger partial charge in [-0.25, -0.2) is 9.18 Å². The lowest BCUT2D eigenvalue weighted by molar-refractivity contribution is 0.0532. The number of cyclic esters (lactones) is 1. The number of rotatable bonds is 0. The Hall–Kier alpha value is -1.09. The van der Waals surface area contributed by atoms with Gasteiger partial charge in [0, 0.05) is 10.6 Å². The van der Waals surface area contributed by atoms with E-state index in [1.807, 2.05) is 0 Å². The molecule has 1 heterocycles. The van der Waals surface area contributed by atoms with Gasteiger partial charge >= 0.3 is 5.97 Å². The highest BCUT2D eigenvalue weighted by molar-refractivity contribution is 6.32. The van der Waals surface area contributed by atoms with Crippen LogP contribution in [0.15, 0.2) is 12.1 Å². The molecule has 0 radical (unpaired) electrons. The molecule has 0 unspecified atom stereocenters. The van der Waals surface area contributed by atoms with Crippen molar-refractivity contribution in [1.29, 1.82) is 0 Å². The number of ether oxygens (including phenoxy) is 1. The van der Waals surface area contributed by atoms with Crippen molar-refractivity contribution in [3.63, 3.8) is 0 Å². The zero-order valence-corrected chi connectivity index (χ0v) is 6.69. The summed E-state index contributed by atoms with van der Waals surface area (Å²) < 4.78 is 17.6. The predicted molar refractivity (Wildman–Crippen MR) is 40.5 cm³/mol. The molecule has 4 heteroatoms. The molecule has 1 aliphatic rings. The van der Waals surface area contributed by atoms with Gasteiger partial charge in [0.15, 0.2) is 0 Å². The fourth-order valence-electron chi connectivity index (χ4n) is 1.17. The lowest BCUT2D eigenvalue weighted by Crippen LogP contribution is -1.97. The van der Waals surface area contributed by atoms with Crippen LogP contribution in [0.25, 0.3) is 0 Å². The van der Waals surface area contributed by atoms with E-state index in [-0.39, 0.29) is 12.2 Å². The predicted octanol–water partition coefficient (Wildman–Crippen LogP) is 2.15. The Balaban J connectivity index is 2.72. The second-order valence-corrected chi connectivity index (χ2v) is 2.87. The Labute approximate surface area is 72.9 Å². The minimum atomic E-state index is -0.634. The van der Waals surface area contributed by atoms with E-state index >= 15 is 0 Å². The summed E-state index contributed by atoms with van der Waals surface area (Å²) in [5.41, 5.74) is 0.421. The summed E-state index contributed by atoms with van der Waals surface area (Å²) in [6.45, 7) is 0.0742. The lowest BCUT2D eigenvalue weighted by atomic mass is 10.1. The van der Waals surface area contributed by atoms with Crippen molar-refractivity contribution in [2.24, 2.45) is 0 Å². The van der Waals surface area contributed by atoms with Crippen LogP contribution >= 0.6 is 11.6 Å². The molecule has 12 heavy (non-hydrogen) atoms. The Morgan fingerprint density at radius 3 is 2.92 bits per heavy atom. The average molecular weight is 187 g/mol. The maximum Gasteiger partial charge on any atom is 0.341 e. The van der Waals surface area contributed by atoms with Gasteiger partial charge in [0.2, 0.25) is 0 Å². The first-order valence-corrected chi connectivity index (χ1v) is 3.72. The molecule has 2 rings (SSSR count). The van der Waals surface area contributed by atoms with Gasteiger partial charge in [-0.05, 0) is 12.1 Å². The molecule has 1 aromatic carbocycles. The van der Waals surface area contributed by atoms with E-state index in [2.05, 4.69) is 4.74 Å². The minimum Gasteiger partial charge on any atom is -0.457 e. The van der Waals surface area contributed by atoms with Crippen molar-refractivity contribution in [2.45, 2.75) is 6.61 Å². The van der Waals surface area contributed by atoms with Crippen LogP contribution < -0.4 is 0 Å². The average Bonchev–Trinajstić information content (AvgIpc) is 2.42. The highest BCUT2D eigenvalue weighted by Crippen LogP contribution is 2.28. The molecule has 0 aromatic heterocycles. The van der Waals surface area contributed by atoms with E-state index in [0.29, 0.717) is 10.6 Å². The van der Waals surface area contributed by atoms with Crippen LogP contribution in [0.2, 0.25) is 5.02 Å². The summed E-state index contributed by atoms with van der Waals surface area (Å²) in [6, 6.07) is 2.57. The van der Waals surface area contributed by atoms with Crippen molar-refractivity contribution >= 4 is 17.6 Å².